The Bertz CT molecular complexity index is 631. The Morgan fingerprint density at radius 1 is 1.29 bits per heavy atom. The molecule has 2 rings (SSSR count). The van der Waals surface area contributed by atoms with E-state index in [0.29, 0.717) is 0 Å². The summed E-state index contributed by atoms with van der Waals surface area (Å²) < 4.78 is 15.2. The number of rotatable bonds is 5. The Kier molecular flexibility index (Phi) is 4.78. The molecule has 1 N–H and O–H groups in total. The van der Waals surface area contributed by atoms with Crippen molar-refractivity contribution in [1.82, 2.24) is 15.1 Å². The van der Waals surface area contributed by atoms with Crippen LogP contribution in [0.25, 0.3) is 0 Å². The van der Waals surface area contributed by atoms with Crippen molar-refractivity contribution in [2.45, 2.75) is 39.7 Å². The van der Waals surface area contributed by atoms with Gasteiger partial charge in [-0.2, -0.15) is 5.10 Å². The first-order valence-corrected chi connectivity index (χ1v) is 7.36. The van der Waals surface area contributed by atoms with Crippen molar-refractivity contribution in [3.05, 3.63) is 52.1 Å². The van der Waals surface area contributed by atoms with Crippen LogP contribution in [0, 0.1) is 26.6 Å². The van der Waals surface area contributed by atoms with Gasteiger partial charge in [-0.1, -0.05) is 6.07 Å². The number of nitrogens with one attached hydrogen (secondary N) is 1. The lowest BCUT2D eigenvalue weighted by Crippen LogP contribution is -2.18. The molecule has 0 spiro atoms. The van der Waals surface area contributed by atoms with Crippen LogP contribution in [0.1, 0.15) is 40.5 Å². The monoisotopic (exact) mass is 289 g/mol. The van der Waals surface area contributed by atoms with Gasteiger partial charge >= 0.3 is 0 Å². The van der Waals surface area contributed by atoms with Crippen LogP contribution in [-0.2, 0) is 13.5 Å². The minimum absolute atomic E-state index is 0.176. The summed E-state index contributed by atoms with van der Waals surface area (Å²) in [6.45, 7) is 6.12. The third-order valence-electron chi connectivity index (χ3n) is 4.30. The molecule has 0 fully saturated rings. The normalized spacial score (nSPS) is 12.7. The van der Waals surface area contributed by atoms with Gasteiger partial charge in [0.2, 0.25) is 0 Å². The summed E-state index contributed by atoms with van der Waals surface area (Å²) in [7, 11) is 3.93. The highest BCUT2D eigenvalue weighted by atomic mass is 19.1. The van der Waals surface area contributed by atoms with Gasteiger partial charge in [0.05, 0.1) is 5.69 Å². The number of aromatic nitrogens is 2. The molecule has 1 atom stereocenters. The zero-order valence-electron chi connectivity index (χ0n) is 13.5. The van der Waals surface area contributed by atoms with Crippen molar-refractivity contribution in [3.63, 3.8) is 0 Å². The topological polar surface area (TPSA) is 29.9 Å². The highest BCUT2D eigenvalue weighted by Gasteiger charge is 2.15. The number of benzene rings is 1. The molecule has 2 aromatic rings. The fourth-order valence-corrected chi connectivity index (χ4v) is 2.95. The molecular formula is C17H24FN3. The fourth-order valence-electron chi connectivity index (χ4n) is 2.95. The number of aryl methyl sites for hydroxylation is 3. The van der Waals surface area contributed by atoms with Gasteiger partial charge in [0.1, 0.15) is 5.82 Å². The SMILES string of the molecule is CNC(CCc1c(C)nn(C)c1C)c1ccc(F)cc1C. The summed E-state index contributed by atoms with van der Waals surface area (Å²) in [6.07, 6.45) is 1.93. The fraction of sp³-hybridized carbons (Fsp3) is 0.471. The van der Waals surface area contributed by atoms with Crippen molar-refractivity contribution in [2.24, 2.45) is 7.05 Å². The van der Waals surface area contributed by atoms with Gasteiger partial charge in [0, 0.05) is 18.8 Å². The second-order valence-corrected chi connectivity index (χ2v) is 5.65. The third kappa shape index (κ3) is 3.32. The van der Waals surface area contributed by atoms with Crippen LogP contribution in [0.2, 0.25) is 0 Å². The van der Waals surface area contributed by atoms with E-state index in [9.17, 15) is 4.39 Å². The van der Waals surface area contributed by atoms with E-state index in [1.807, 2.05) is 31.8 Å². The van der Waals surface area contributed by atoms with Gasteiger partial charge in [-0.3, -0.25) is 4.68 Å². The second kappa shape index (κ2) is 6.39. The van der Waals surface area contributed by atoms with E-state index in [0.717, 1.165) is 29.7 Å². The molecule has 21 heavy (non-hydrogen) atoms. The van der Waals surface area contributed by atoms with E-state index >= 15 is 0 Å². The molecule has 0 aliphatic carbocycles. The smallest absolute Gasteiger partial charge is 0.123 e. The Balaban J connectivity index is 2.16. The first-order valence-electron chi connectivity index (χ1n) is 7.36. The molecule has 3 nitrogen and oxygen atoms in total. The van der Waals surface area contributed by atoms with Gasteiger partial charge in [-0.25, -0.2) is 4.39 Å². The first kappa shape index (κ1) is 15.7. The highest BCUT2D eigenvalue weighted by Crippen LogP contribution is 2.24. The maximum atomic E-state index is 13.2. The minimum Gasteiger partial charge on any atom is -0.313 e. The predicted octanol–water partition coefficient (Wildman–Crippen LogP) is 3.38. The summed E-state index contributed by atoms with van der Waals surface area (Å²) in [5.74, 6) is -0.176. The molecule has 0 saturated carbocycles. The van der Waals surface area contributed by atoms with Gasteiger partial charge < -0.3 is 5.32 Å². The molecule has 0 radical (unpaired) electrons. The molecule has 0 bridgehead atoms. The second-order valence-electron chi connectivity index (χ2n) is 5.65. The zero-order chi connectivity index (χ0) is 15.6. The van der Waals surface area contributed by atoms with Gasteiger partial charge in [0.15, 0.2) is 0 Å². The summed E-state index contributed by atoms with van der Waals surface area (Å²) in [4.78, 5) is 0. The van der Waals surface area contributed by atoms with E-state index < -0.39 is 0 Å². The summed E-state index contributed by atoms with van der Waals surface area (Å²) in [5.41, 5.74) is 5.79. The van der Waals surface area contributed by atoms with Crippen LogP contribution in [0.15, 0.2) is 18.2 Å². The lowest BCUT2D eigenvalue weighted by atomic mass is 9.95. The van der Waals surface area contributed by atoms with Crippen LogP contribution in [0.4, 0.5) is 4.39 Å². The van der Waals surface area contributed by atoms with Gasteiger partial charge in [0.25, 0.3) is 0 Å². The molecule has 1 aromatic carbocycles. The van der Waals surface area contributed by atoms with Crippen LogP contribution in [-0.4, -0.2) is 16.8 Å². The van der Waals surface area contributed by atoms with Crippen LogP contribution in [0.5, 0.6) is 0 Å². The number of halogens is 1. The van der Waals surface area contributed by atoms with E-state index in [-0.39, 0.29) is 11.9 Å². The van der Waals surface area contributed by atoms with Crippen molar-refractivity contribution >= 4 is 0 Å². The maximum Gasteiger partial charge on any atom is 0.123 e. The first-order chi connectivity index (χ1) is 9.93. The molecule has 114 valence electrons. The zero-order valence-corrected chi connectivity index (χ0v) is 13.5. The molecule has 0 aliphatic rings. The quantitative estimate of drug-likeness (QED) is 0.914. The molecule has 4 heteroatoms. The predicted molar refractivity (Wildman–Crippen MR) is 83.9 cm³/mol. The Morgan fingerprint density at radius 3 is 2.52 bits per heavy atom. The minimum atomic E-state index is -0.176. The lowest BCUT2D eigenvalue weighted by Gasteiger charge is -2.19. The van der Waals surface area contributed by atoms with Crippen LogP contribution >= 0.6 is 0 Å². The largest absolute Gasteiger partial charge is 0.313 e. The van der Waals surface area contributed by atoms with E-state index in [4.69, 9.17) is 0 Å². The number of nitrogens with zero attached hydrogens (tertiary/aromatic N) is 2. The van der Waals surface area contributed by atoms with Gasteiger partial charge in [-0.15, -0.1) is 0 Å². The average Bonchev–Trinajstić information content (AvgIpc) is 2.67. The molecule has 0 amide bonds. The van der Waals surface area contributed by atoms with Crippen LogP contribution < -0.4 is 5.32 Å². The molecule has 0 saturated heterocycles. The maximum absolute atomic E-state index is 13.2. The molecule has 1 aromatic heterocycles. The average molecular weight is 289 g/mol. The standard InChI is InChI=1S/C17H24FN3/c1-11-10-14(18)6-7-15(11)17(19-4)9-8-16-12(2)20-21(5)13(16)3/h6-7,10,17,19H,8-9H2,1-5H3. The summed E-state index contributed by atoms with van der Waals surface area (Å²) >= 11 is 0. The Hall–Kier alpha value is -1.68. The molecule has 1 unspecified atom stereocenters. The number of hydrogen-bond acceptors (Lipinski definition) is 2. The van der Waals surface area contributed by atoms with E-state index in [1.165, 1.54) is 17.3 Å². The lowest BCUT2D eigenvalue weighted by molar-refractivity contribution is 0.542. The van der Waals surface area contributed by atoms with E-state index in [2.05, 4.69) is 24.3 Å². The summed E-state index contributed by atoms with van der Waals surface area (Å²) in [5, 5.41) is 7.81. The highest BCUT2D eigenvalue weighted by molar-refractivity contribution is 5.30. The van der Waals surface area contributed by atoms with Crippen molar-refractivity contribution in [2.75, 3.05) is 7.05 Å². The Morgan fingerprint density at radius 2 is 2.00 bits per heavy atom. The van der Waals surface area contributed by atoms with E-state index in [1.54, 1.807) is 6.07 Å². The van der Waals surface area contributed by atoms with Gasteiger partial charge in [-0.05, 0) is 69.5 Å². The number of hydrogen-bond donors (Lipinski definition) is 1. The molecule has 0 aliphatic heterocycles. The summed E-state index contributed by atoms with van der Waals surface area (Å²) in [6, 6.07) is 5.24. The van der Waals surface area contributed by atoms with Crippen molar-refractivity contribution in [3.8, 4) is 0 Å². The van der Waals surface area contributed by atoms with Crippen LogP contribution in [0.3, 0.4) is 0 Å². The van der Waals surface area contributed by atoms with Crippen molar-refractivity contribution in [1.29, 1.82) is 0 Å². The molecule has 1 heterocycles. The molecular weight excluding hydrogens is 265 g/mol. The third-order valence-corrected chi connectivity index (χ3v) is 4.30. The Labute approximate surface area is 126 Å². The van der Waals surface area contributed by atoms with Crippen molar-refractivity contribution < 1.29 is 4.39 Å².